The Labute approximate surface area is 175 Å². The van der Waals surface area contributed by atoms with Gasteiger partial charge in [0.1, 0.15) is 16.5 Å². The van der Waals surface area contributed by atoms with Gasteiger partial charge in [0.05, 0.1) is 19.3 Å². The first-order valence-electron chi connectivity index (χ1n) is 8.47. The molecular weight excluding hydrogens is 465 g/mol. The number of benzene rings is 2. The maximum atomic E-state index is 13.1. The zero-order chi connectivity index (χ0) is 21.0. The van der Waals surface area contributed by atoms with Crippen LogP contribution in [0.3, 0.4) is 0 Å². The van der Waals surface area contributed by atoms with Crippen molar-refractivity contribution in [2.45, 2.75) is 11.4 Å². The van der Waals surface area contributed by atoms with E-state index in [1.807, 2.05) is 0 Å². The summed E-state index contributed by atoms with van der Waals surface area (Å²) >= 11 is 3.24. The summed E-state index contributed by atoms with van der Waals surface area (Å²) in [6.45, 7) is -0.0405. The van der Waals surface area contributed by atoms with Crippen molar-refractivity contribution >= 4 is 26.0 Å². The van der Waals surface area contributed by atoms with Gasteiger partial charge in [-0.3, -0.25) is 4.79 Å². The van der Waals surface area contributed by atoms with Crippen LogP contribution in [0.15, 0.2) is 68.8 Å². The highest BCUT2D eigenvalue weighted by Crippen LogP contribution is 2.27. The van der Waals surface area contributed by atoms with Gasteiger partial charge in [0, 0.05) is 22.6 Å². The highest BCUT2D eigenvalue weighted by molar-refractivity contribution is 9.10. The van der Waals surface area contributed by atoms with E-state index in [-0.39, 0.29) is 35.1 Å². The Morgan fingerprint density at radius 3 is 2.55 bits per heavy atom. The summed E-state index contributed by atoms with van der Waals surface area (Å²) in [5.74, 6) is -0.172. The van der Waals surface area contributed by atoms with Gasteiger partial charge in [0.25, 0.3) is 5.56 Å². The van der Waals surface area contributed by atoms with Gasteiger partial charge in [0.15, 0.2) is 0 Å². The van der Waals surface area contributed by atoms with Crippen molar-refractivity contribution in [2.75, 3.05) is 13.7 Å². The van der Waals surface area contributed by atoms with Gasteiger partial charge < -0.3 is 4.74 Å². The van der Waals surface area contributed by atoms with Gasteiger partial charge >= 0.3 is 0 Å². The summed E-state index contributed by atoms with van der Waals surface area (Å²) in [6, 6.07) is 13.2. The Morgan fingerprint density at radius 2 is 1.86 bits per heavy atom. The molecule has 0 aliphatic carbocycles. The van der Waals surface area contributed by atoms with Crippen LogP contribution in [0.4, 0.5) is 4.39 Å². The van der Waals surface area contributed by atoms with Gasteiger partial charge in [-0.1, -0.05) is 15.9 Å². The van der Waals surface area contributed by atoms with E-state index in [0.717, 1.165) is 4.68 Å². The molecule has 0 aliphatic rings. The average molecular weight is 482 g/mol. The Kier molecular flexibility index (Phi) is 6.46. The molecule has 0 spiro atoms. The van der Waals surface area contributed by atoms with Crippen molar-refractivity contribution in [1.29, 1.82) is 0 Å². The molecule has 7 nitrogen and oxygen atoms in total. The number of aromatic nitrogens is 2. The van der Waals surface area contributed by atoms with E-state index in [2.05, 4.69) is 25.8 Å². The van der Waals surface area contributed by atoms with Crippen molar-refractivity contribution in [3.63, 3.8) is 0 Å². The van der Waals surface area contributed by atoms with Gasteiger partial charge in [-0.2, -0.15) is 5.10 Å². The second-order valence-corrected chi connectivity index (χ2v) is 8.63. The van der Waals surface area contributed by atoms with Crippen molar-refractivity contribution in [1.82, 2.24) is 14.5 Å². The number of nitrogens with zero attached hydrogens (tertiary/aromatic N) is 2. The predicted octanol–water partition coefficient (Wildman–Crippen LogP) is 2.80. The number of hydrogen-bond donors (Lipinski definition) is 1. The lowest BCUT2D eigenvalue weighted by Gasteiger charge is -2.12. The van der Waals surface area contributed by atoms with Crippen LogP contribution in [0.2, 0.25) is 0 Å². The lowest BCUT2D eigenvalue weighted by Crippen LogP contribution is -2.32. The molecule has 2 aromatic carbocycles. The van der Waals surface area contributed by atoms with Crippen LogP contribution in [0.25, 0.3) is 11.3 Å². The summed E-state index contributed by atoms with van der Waals surface area (Å²) in [5.41, 5.74) is 0.732. The third kappa shape index (κ3) is 5.08. The van der Waals surface area contributed by atoms with Crippen LogP contribution in [0, 0.1) is 5.82 Å². The van der Waals surface area contributed by atoms with E-state index in [9.17, 15) is 17.6 Å². The van der Waals surface area contributed by atoms with E-state index in [1.165, 1.54) is 43.5 Å². The molecular formula is C19H17BrFN3O4S. The molecule has 0 saturated carbocycles. The van der Waals surface area contributed by atoms with Crippen LogP contribution in [0.5, 0.6) is 5.75 Å². The maximum Gasteiger partial charge on any atom is 0.266 e. The van der Waals surface area contributed by atoms with E-state index >= 15 is 0 Å². The Morgan fingerprint density at radius 1 is 1.14 bits per heavy atom. The second-order valence-electron chi connectivity index (χ2n) is 5.98. The minimum Gasteiger partial charge on any atom is -0.495 e. The molecule has 0 saturated heterocycles. The second kappa shape index (κ2) is 8.85. The summed E-state index contributed by atoms with van der Waals surface area (Å²) in [6.07, 6.45) is 0. The Bertz CT molecular complexity index is 1180. The third-order valence-corrected chi connectivity index (χ3v) is 6.01. The number of sulfonamides is 1. The molecule has 10 heteroatoms. The molecule has 3 aromatic rings. The fraction of sp³-hybridized carbons (Fsp3) is 0.158. The minimum absolute atomic E-state index is 0.0173. The molecule has 0 amide bonds. The summed E-state index contributed by atoms with van der Waals surface area (Å²) in [4.78, 5) is 12.0. The van der Waals surface area contributed by atoms with E-state index < -0.39 is 10.0 Å². The fourth-order valence-corrected chi connectivity index (χ4v) is 4.33. The molecule has 0 radical (unpaired) electrons. The Hall–Kier alpha value is -2.56. The van der Waals surface area contributed by atoms with Crippen LogP contribution >= 0.6 is 15.9 Å². The first-order chi connectivity index (χ1) is 13.8. The molecule has 0 unspecified atom stereocenters. The molecule has 1 N–H and O–H groups in total. The highest BCUT2D eigenvalue weighted by atomic mass is 79.9. The molecule has 0 aliphatic heterocycles. The van der Waals surface area contributed by atoms with Gasteiger partial charge in [-0.25, -0.2) is 22.2 Å². The predicted molar refractivity (Wildman–Crippen MR) is 110 cm³/mol. The molecule has 0 fully saturated rings. The summed E-state index contributed by atoms with van der Waals surface area (Å²) in [7, 11) is -2.48. The minimum atomic E-state index is -3.87. The van der Waals surface area contributed by atoms with Crippen molar-refractivity contribution < 1.29 is 17.5 Å². The normalized spacial score (nSPS) is 11.4. The van der Waals surface area contributed by atoms with Crippen LogP contribution in [0.1, 0.15) is 0 Å². The van der Waals surface area contributed by atoms with Gasteiger partial charge in [-0.05, 0) is 48.5 Å². The molecule has 0 atom stereocenters. The quantitative estimate of drug-likeness (QED) is 0.560. The van der Waals surface area contributed by atoms with Crippen molar-refractivity contribution in [3.8, 4) is 17.0 Å². The van der Waals surface area contributed by atoms with Crippen molar-refractivity contribution in [3.05, 3.63) is 75.2 Å². The van der Waals surface area contributed by atoms with E-state index in [4.69, 9.17) is 4.74 Å². The zero-order valence-corrected chi connectivity index (χ0v) is 17.7. The summed E-state index contributed by atoms with van der Waals surface area (Å²) in [5, 5.41) is 4.23. The number of hydrogen-bond acceptors (Lipinski definition) is 5. The van der Waals surface area contributed by atoms with E-state index in [0.29, 0.717) is 15.7 Å². The monoisotopic (exact) mass is 481 g/mol. The largest absolute Gasteiger partial charge is 0.495 e. The first-order valence-corrected chi connectivity index (χ1v) is 10.7. The van der Waals surface area contributed by atoms with Gasteiger partial charge in [0.2, 0.25) is 10.0 Å². The average Bonchev–Trinajstić information content (AvgIpc) is 2.70. The first kappa shape index (κ1) is 21.2. The number of ether oxygens (including phenoxy) is 1. The SMILES string of the molecule is COc1ccc(Br)cc1S(=O)(=O)NCCn1nc(-c2ccc(F)cc2)ccc1=O. The van der Waals surface area contributed by atoms with Crippen molar-refractivity contribution in [2.24, 2.45) is 0 Å². The van der Waals surface area contributed by atoms with Crippen LogP contribution in [-0.4, -0.2) is 31.9 Å². The van der Waals surface area contributed by atoms with Crippen LogP contribution < -0.4 is 15.0 Å². The Balaban J connectivity index is 1.76. The lowest BCUT2D eigenvalue weighted by molar-refractivity contribution is 0.402. The topological polar surface area (TPSA) is 90.3 Å². The van der Waals surface area contributed by atoms with E-state index in [1.54, 1.807) is 18.2 Å². The third-order valence-electron chi connectivity index (χ3n) is 4.04. The molecule has 0 bridgehead atoms. The fourth-order valence-electron chi connectivity index (χ4n) is 2.61. The highest BCUT2D eigenvalue weighted by Gasteiger charge is 2.19. The smallest absolute Gasteiger partial charge is 0.266 e. The lowest BCUT2D eigenvalue weighted by atomic mass is 10.1. The van der Waals surface area contributed by atoms with Gasteiger partial charge in [-0.15, -0.1) is 0 Å². The number of methoxy groups -OCH3 is 1. The molecule has 152 valence electrons. The number of rotatable bonds is 7. The zero-order valence-electron chi connectivity index (χ0n) is 15.3. The van der Waals surface area contributed by atoms with Crippen LogP contribution in [-0.2, 0) is 16.6 Å². The number of nitrogens with one attached hydrogen (secondary N) is 1. The molecule has 1 aromatic heterocycles. The molecule has 29 heavy (non-hydrogen) atoms. The number of halogens is 2. The molecule has 3 rings (SSSR count). The molecule has 1 heterocycles. The standard InChI is InChI=1S/C19H17BrFN3O4S/c1-28-17-8-4-14(20)12-18(17)29(26,27)22-10-11-24-19(25)9-7-16(23-24)13-2-5-15(21)6-3-13/h2-9,12,22H,10-11H2,1H3. The summed E-state index contributed by atoms with van der Waals surface area (Å²) < 4.78 is 47.6. The maximum absolute atomic E-state index is 13.1.